The largest absolute Gasteiger partial charge is 0.366 e. The summed E-state index contributed by atoms with van der Waals surface area (Å²) in [6, 6.07) is 11.0. The molecule has 124 valence electrons. The summed E-state index contributed by atoms with van der Waals surface area (Å²) in [6.45, 7) is 1.99. The monoisotopic (exact) mass is 333 g/mol. The van der Waals surface area contributed by atoms with Crippen LogP contribution >= 0.6 is 0 Å². The number of rotatable bonds is 4. The number of H-pyrrole nitrogens is 1. The second-order valence-electron chi connectivity index (χ2n) is 5.84. The molecule has 0 saturated carbocycles. The zero-order chi connectivity index (χ0) is 17.4. The van der Waals surface area contributed by atoms with Crippen molar-refractivity contribution in [3.8, 4) is 11.5 Å². The van der Waals surface area contributed by atoms with E-state index in [1.165, 1.54) is 0 Å². The number of aromatic amines is 1. The SMILES string of the molecule is Cc1ccc2[nH]ncc2c1-c1nc(Cc2ccc(C(N)=O)cc2)no1. The van der Waals surface area contributed by atoms with E-state index in [1.807, 2.05) is 31.2 Å². The fourth-order valence-corrected chi connectivity index (χ4v) is 2.81. The van der Waals surface area contributed by atoms with Crippen molar-refractivity contribution < 1.29 is 9.32 Å². The first-order valence-corrected chi connectivity index (χ1v) is 7.76. The summed E-state index contributed by atoms with van der Waals surface area (Å²) in [7, 11) is 0. The van der Waals surface area contributed by atoms with Gasteiger partial charge in [0.15, 0.2) is 5.82 Å². The second-order valence-corrected chi connectivity index (χ2v) is 5.84. The molecule has 0 aliphatic heterocycles. The van der Waals surface area contributed by atoms with Gasteiger partial charge in [-0.05, 0) is 36.2 Å². The average molecular weight is 333 g/mol. The maximum absolute atomic E-state index is 11.1. The first kappa shape index (κ1) is 15.1. The maximum atomic E-state index is 11.1. The number of primary amides is 1. The van der Waals surface area contributed by atoms with Gasteiger partial charge in [-0.1, -0.05) is 23.4 Å². The molecule has 0 aliphatic carbocycles. The summed E-state index contributed by atoms with van der Waals surface area (Å²) in [5.74, 6) is 0.590. The van der Waals surface area contributed by atoms with Crippen LogP contribution in [-0.2, 0) is 6.42 Å². The minimum atomic E-state index is -0.447. The zero-order valence-corrected chi connectivity index (χ0v) is 13.5. The molecule has 0 spiro atoms. The molecule has 0 saturated heterocycles. The Labute approximate surface area is 142 Å². The van der Waals surface area contributed by atoms with Crippen LogP contribution in [0.2, 0.25) is 0 Å². The van der Waals surface area contributed by atoms with Crippen molar-refractivity contribution in [1.82, 2.24) is 20.3 Å². The lowest BCUT2D eigenvalue weighted by Crippen LogP contribution is -2.10. The number of hydrogen-bond acceptors (Lipinski definition) is 5. The Morgan fingerprint density at radius 2 is 2.00 bits per heavy atom. The molecule has 4 aromatic rings. The highest BCUT2D eigenvalue weighted by Gasteiger charge is 2.16. The van der Waals surface area contributed by atoms with Crippen LogP contribution in [0.3, 0.4) is 0 Å². The summed E-state index contributed by atoms with van der Waals surface area (Å²) < 4.78 is 5.47. The van der Waals surface area contributed by atoms with Gasteiger partial charge in [-0.15, -0.1) is 0 Å². The number of nitrogens with zero attached hydrogens (tertiary/aromatic N) is 3. The minimum absolute atomic E-state index is 0.447. The van der Waals surface area contributed by atoms with Crippen molar-refractivity contribution in [2.45, 2.75) is 13.3 Å². The Bertz CT molecular complexity index is 1060. The van der Waals surface area contributed by atoms with Gasteiger partial charge in [0.2, 0.25) is 5.91 Å². The van der Waals surface area contributed by atoms with Crippen LogP contribution in [0.5, 0.6) is 0 Å². The van der Waals surface area contributed by atoms with E-state index in [0.29, 0.717) is 23.7 Å². The Morgan fingerprint density at radius 1 is 1.20 bits per heavy atom. The van der Waals surface area contributed by atoms with E-state index >= 15 is 0 Å². The Kier molecular flexibility index (Phi) is 3.53. The third kappa shape index (κ3) is 2.76. The van der Waals surface area contributed by atoms with E-state index in [4.69, 9.17) is 10.3 Å². The topological polar surface area (TPSA) is 111 Å². The number of amides is 1. The summed E-state index contributed by atoms with van der Waals surface area (Å²) in [5.41, 5.74) is 9.53. The number of aryl methyl sites for hydroxylation is 1. The van der Waals surface area contributed by atoms with Crippen LogP contribution in [0.15, 0.2) is 47.1 Å². The van der Waals surface area contributed by atoms with E-state index in [1.54, 1.807) is 18.3 Å². The van der Waals surface area contributed by atoms with E-state index in [0.717, 1.165) is 27.6 Å². The van der Waals surface area contributed by atoms with Crippen molar-refractivity contribution >= 4 is 16.8 Å². The van der Waals surface area contributed by atoms with E-state index in [9.17, 15) is 4.79 Å². The molecule has 0 radical (unpaired) electrons. The van der Waals surface area contributed by atoms with Crippen LogP contribution in [0.1, 0.15) is 27.3 Å². The predicted octanol–water partition coefficient (Wildman–Crippen LogP) is 2.61. The molecule has 0 fully saturated rings. The van der Waals surface area contributed by atoms with Gasteiger partial charge in [0.1, 0.15) is 0 Å². The van der Waals surface area contributed by atoms with E-state index < -0.39 is 5.91 Å². The van der Waals surface area contributed by atoms with Gasteiger partial charge in [-0.2, -0.15) is 10.1 Å². The molecular weight excluding hydrogens is 318 g/mol. The third-order valence-electron chi connectivity index (χ3n) is 4.12. The van der Waals surface area contributed by atoms with Gasteiger partial charge in [-0.25, -0.2) is 0 Å². The van der Waals surface area contributed by atoms with Crippen LogP contribution in [0.4, 0.5) is 0 Å². The molecule has 0 atom stereocenters. The number of aromatic nitrogens is 4. The molecule has 7 nitrogen and oxygen atoms in total. The first-order chi connectivity index (χ1) is 12.1. The van der Waals surface area contributed by atoms with Crippen LogP contribution in [0, 0.1) is 6.92 Å². The smallest absolute Gasteiger partial charge is 0.258 e. The summed E-state index contributed by atoms with van der Waals surface area (Å²) in [4.78, 5) is 15.6. The second kappa shape index (κ2) is 5.86. The van der Waals surface area contributed by atoms with Crippen LogP contribution in [0.25, 0.3) is 22.4 Å². The van der Waals surface area contributed by atoms with Gasteiger partial charge >= 0.3 is 0 Å². The number of carbonyl (C=O) groups is 1. The fraction of sp³-hybridized carbons (Fsp3) is 0.111. The maximum Gasteiger partial charge on any atom is 0.258 e. The standard InChI is InChI=1S/C18H15N5O2/c1-10-2-7-14-13(9-20-22-14)16(10)18-21-15(23-25-18)8-11-3-5-12(6-4-11)17(19)24/h2-7,9H,8H2,1H3,(H2,19,24)(H,20,22). The van der Waals surface area contributed by atoms with E-state index in [-0.39, 0.29) is 0 Å². The lowest BCUT2D eigenvalue weighted by atomic mass is 10.0. The number of hydrogen-bond donors (Lipinski definition) is 2. The number of fused-ring (bicyclic) bond motifs is 1. The third-order valence-corrected chi connectivity index (χ3v) is 4.12. The van der Waals surface area contributed by atoms with Crippen molar-refractivity contribution in [3.05, 3.63) is 65.1 Å². The van der Waals surface area contributed by atoms with Crippen LogP contribution < -0.4 is 5.73 Å². The van der Waals surface area contributed by atoms with Gasteiger partial charge < -0.3 is 10.3 Å². The quantitative estimate of drug-likeness (QED) is 0.596. The first-order valence-electron chi connectivity index (χ1n) is 7.76. The highest BCUT2D eigenvalue weighted by atomic mass is 16.5. The fourth-order valence-electron chi connectivity index (χ4n) is 2.81. The Balaban J connectivity index is 1.65. The normalized spacial score (nSPS) is 11.1. The van der Waals surface area contributed by atoms with Crippen LogP contribution in [-0.4, -0.2) is 26.2 Å². The number of carbonyl (C=O) groups excluding carboxylic acids is 1. The number of nitrogens with one attached hydrogen (secondary N) is 1. The molecule has 2 aromatic carbocycles. The van der Waals surface area contributed by atoms with Gasteiger partial charge in [-0.3, -0.25) is 9.89 Å². The van der Waals surface area contributed by atoms with Crippen molar-refractivity contribution in [1.29, 1.82) is 0 Å². The molecule has 0 unspecified atom stereocenters. The molecule has 7 heteroatoms. The Morgan fingerprint density at radius 3 is 2.76 bits per heavy atom. The van der Waals surface area contributed by atoms with Gasteiger partial charge in [0, 0.05) is 17.4 Å². The molecule has 0 aliphatic rings. The molecule has 3 N–H and O–H groups in total. The molecule has 25 heavy (non-hydrogen) atoms. The summed E-state index contributed by atoms with van der Waals surface area (Å²) in [5, 5.41) is 12.0. The minimum Gasteiger partial charge on any atom is -0.366 e. The van der Waals surface area contributed by atoms with Gasteiger partial charge in [0.05, 0.1) is 17.3 Å². The summed E-state index contributed by atoms with van der Waals surface area (Å²) in [6.07, 6.45) is 2.26. The molecule has 2 aromatic heterocycles. The summed E-state index contributed by atoms with van der Waals surface area (Å²) >= 11 is 0. The molecule has 1 amide bonds. The Hall–Kier alpha value is -3.48. The van der Waals surface area contributed by atoms with E-state index in [2.05, 4.69) is 20.3 Å². The highest BCUT2D eigenvalue weighted by molar-refractivity contribution is 5.94. The number of benzene rings is 2. The lowest BCUT2D eigenvalue weighted by molar-refractivity contribution is 0.100. The van der Waals surface area contributed by atoms with Crippen molar-refractivity contribution in [2.75, 3.05) is 0 Å². The van der Waals surface area contributed by atoms with Crippen molar-refractivity contribution in [2.24, 2.45) is 5.73 Å². The van der Waals surface area contributed by atoms with Crippen molar-refractivity contribution in [3.63, 3.8) is 0 Å². The average Bonchev–Trinajstić information content (AvgIpc) is 3.24. The molecular formula is C18H15N5O2. The molecule has 0 bridgehead atoms. The lowest BCUT2D eigenvalue weighted by Gasteiger charge is -2.01. The molecule has 4 rings (SSSR count). The number of nitrogens with two attached hydrogens (primary N) is 1. The van der Waals surface area contributed by atoms with Gasteiger partial charge in [0.25, 0.3) is 5.89 Å². The molecule has 2 heterocycles. The predicted molar refractivity (Wildman–Crippen MR) is 91.9 cm³/mol. The highest BCUT2D eigenvalue weighted by Crippen LogP contribution is 2.29. The zero-order valence-electron chi connectivity index (χ0n) is 13.5.